The van der Waals surface area contributed by atoms with E-state index in [1.807, 2.05) is 42.6 Å². The molecule has 0 aliphatic heterocycles. The standard InChI is InChI=1S/C17H14O3S/c1-11-5-7-13(8-6-11)20-9-12-10-21-15-4-2-3-14(16(12)15)17(18)19/h2-8,10H,9H2,1H3,(H,18,19). The van der Waals surface area contributed by atoms with Gasteiger partial charge < -0.3 is 9.84 Å². The first-order chi connectivity index (χ1) is 10.1. The Morgan fingerprint density at radius 3 is 2.67 bits per heavy atom. The van der Waals surface area contributed by atoms with Crippen molar-refractivity contribution in [1.29, 1.82) is 0 Å². The summed E-state index contributed by atoms with van der Waals surface area (Å²) in [6, 6.07) is 13.2. The van der Waals surface area contributed by atoms with Gasteiger partial charge in [-0.1, -0.05) is 23.8 Å². The molecule has 21 heavy (non-hydrogen) atoms. The third kappa shape index (κ3) is 2.76. The number of thiophene rings is 1. The van der Waals surface area contributed by atoms with Crippen LogP contribution in [-0.2, 0) is 6.61 Å². The summed E-state index contributed by atoms with van der Waals surface area (Å²) in [5.74, 6) is -0.122. The molecule has 2 aromatic carbocycles. The van der Waals surface area contributed by atoms with Gasteiger partial charge in [-0.25, -0.2) is 4.79 Å². The monoisotopic (exact) mass is 298 g/mol. The van der Waals surface area contributed by atoms with Crippen LogP contribution in [0.15, 0.2) is 47.8 Å². The molecule has 4 heteroatoms. The fourth-order valence-corrected chi connectivity index (χ4v) is 3.21. The van der Waals surface area contributed by atoms with Gasteiger partial charge in [-0.15, -0.1) is 11.3 Å². The minimum atomic E-state index is -0.907. The van der Waals surface area contributed by atoms with Crippen molar-refractivity contribution < 1.29 is 14.6 Å². The van der Waals surface area contributed by atoms with E-state index in [-0.39, 0.29) is 0 Å². The molecule has 0 atom stereocenters. The van der Waals surface area contributed by atoms with Gasteiger partial charge in [0.15, 0.2) is 0 Å². The van der Waals surface area contributed by atoms with E-state index in [9.17, 15) is 9.90 Å². The number of hydrogen-bond donors (Lipinski definition) is 1. The number of aryl methyl sites for hydroxylation is 1. The van der Waals surface area contributed by atoms with E-state index in [1.165, 1.54) is 16.9 Å². The lowest BCUT2D eigenvalue weighted by Crippen LogP contribution is -2.00. The van der Waals surface area contributed by atoms with Crippen LogP contribution in [0.2, 0.25) is 0 Å². The van der Waals surface area contributed by atoms with Crippen LogP contribution in [0.1, 0.15) is 21.5 Å². The second kappa shape index (κ2) is 5.58. The molecular formula is C17H14O3S. The second-order valence-electron chi connectivity index (χ2n) is 4.85. The van der Waals surface area contributed by atoms with Crippen molar-refractivity contribution in [3.63, 3.8) is 0 Å². The van der Waals surface area contributed by atoms with Crippen LogP contribution in [0, 0.1) is 6.92 Å². The molecule has 1 aromatic heterocycles. The number of hydrogen-bond acceptors (Lipinski definition) is 3. The van der Waals surface area contributed by atoms with Gasteiger partial charge in [0.05, 0.1) is 5.56 Å². The molecule has 3 aromatic rings. The Balaban J connectivity index is 1.90. The summed E-state index contributed by atoms with van der Waals surface area (Å²) in [4.78, 5) is 11.3. The normalized spacial score (nSPS) is 10.7. The molecule has 0 saturated heterocycles. The molecule has 0 bridgehead atoms. The molecule has 0 unspecified atom stereocenters. The van der Waals surface area contributed by atoms with Crippen LogP contribution >= 0.6 is 11.3 Å². The third-order valence-corrected chi connectivity index (χ3v) is 4.32. The molecule has 0 radical (unpaired) electrons. The highest BCUT2D eigenvalue weighted by Crippen LogP contribution is 2.30. The van der Waals surface area contributed by atoms with Crippen molar-refractivity contribution in [3.8, 4) is 5.75 Å². The first-order valence-electron chi connectivity index (χ1n) is 6.57. The highest BCUT2D eigenvalue weighted by atomic mass is 32.1. The van der Waals surface area contributed by atoms with Gasteiger partial charge in [0, 0.05) is 15.6 Å². The van der Waals surface area contributed by atoms with E-state index in [2.05, 4.69) is 0 Å². The highest BCUT2D eigenvalue weighted by Gasteiger charge is 2.14. The maximum Gasteiger partial charge on any atom is 0.336 e. The summed E-state index contributed by atoms with van der Waals surface area (Å²) in [5.41, 5.74) is 2.42. The van der Waals surface area contributed by atoms with Gasteiger partial charge in [-0.05, 0) is 36.6 Å². The van der Waals surface area contributed by atoms with E-state index < -0.39 is 5.97 Å². The third-order valence-electron chi connectivity index (χ3n) is 3.32. The molecule has 0 aliphatic rings. The first kappa shape index (κ1) is 13.6. The lowest BCUT2D eigenvalue weighted by atomic mass is 10.1. The van der Waals surface area contributed by atoms with Gasteiger partial charge in [0.2, 0.25) is 0 Å². The molecule has 1 heterocycles. The van der Waals surface area contributed by atoms with Crippen LogP contribution in [0.25, 0.3) is 10.1 Å². The highest BCUT2D eigenvalue weighted by molar-refractivity contribution is 7.17. The average molecular weight is 298 g/mol. The number of carboxylic acid groups (broad SMARTS) is 1. The maximum absolute atomic E-state index is 11.3. The van der Waals surface area contributed by atoms with Gasteiger partial charge in [-0.2, -0.15) is 0 Å². The number of carboxylic acids is 1. The summed E-state index contributed by atoms with van der Waals surface area (Å²) in [6.45, 7) is 2.39. The summed E-state index contributed by atoms with van der Waals surface area (Å²) < 4.78 is 6.73. The van der Waals surface area contributed by atoms with Crippen LogP contribution in [-0.4, -0.2) is 11.1 Å². The fraction of sp³-hybridized carbons (Fsp3) is 0.118. The number of carbonyl (C=O) groups is 1. The lowest BCUT2D eigenvalue weighted by molar-refractivity contribution is 0.0699. The molecule has 1 N–H and O–H groups in total. The van der Waals surface area contributed by atoms with Crippen molar-refractivity contribution in [1.82, 2.24) is 0 Å². The minimum absolute atomic E-state index is 0.330. The molecule has 0 aliphatic carbocycles. The van der Waals surface area contributed by atoms with E-state index in [1.54, 1.807) is 12.1 Å². The minimum Gasteiger partial charge on any atom is -0.489 e. The number of benzene rings is 2. The molecule has 0 spiro atoms. The van der Waals surface area contributed by atoms with Crippen LogP contribution < -0.4 is 4.74 Å². The zero-order chi connectivity index (χ0) is 14.8. The average Bonchev–Trinajstić information content (AvgIpc) is 2.90. The summed E-state index contributed by atoms with van der Waals surface area (Å²) in [7, 11) is 0. The number of ether oxygens (including phenoxy) is 1. The van der Waals surface area contributed by atoms with Gasteiger partial charge in [-0.3, -0.25) is 0 Å². The zero-order valence-corrected chi connectivity index (χ0v) is 12.3. The van der Waals surface area contributed by atoms with Gasteiger partial charge in [0.25, 0.3) is 0 Å². The summed E-state index contributed by atoms with van der Waals surface area (Å²) >= 11 is 1.54. The topological polar surface area (TPSA) is 46.5 Å². The van der Waals surface area contributed by atoms with Crippen LogP contribution in [0.5, 0.6) is 5.75 Å². The predicted octanol–water partition coefficient (Wildman–Crippen LogP) is 4.49. The fourth-order valence-electron chi connectivity index (χ4n) is 2.23. The van der Waals surface area contributed by atoms with Crippen LogP contribution in [0.4, 0.5) is 0 Å². The second-order valence-corrected chi connectivity index (χ2v) is 5.76. The maximum atomic E-state index is 11.3. The Hall–Kier alpha value is -2.33. The molecule has 0 fully saturated rings. The number of fused-ring (bicyclic) bond motifs is 1. The smallest absolute Gasteiger partial charge is 0.336 e. The molecule has 3 nitrogen and oxygen atoms in total. The molecule has 106 valence electrons. The lowest BCUT2D eigenvalue weighted by Gasteiger charge is -2.07. The van der Waals surface area contributed by atoms with Crippen molar-refractivity contribution in [2.24, 2.45) is 0 Å². The number of aromatic carboxylic acids is 1. The predicted molar refractivity (Wildman–Crippen MR) is 84.3 cm³/mol. The van der Waals surface area contributed by atoms with E-state index in [0.29, 0.717) is 12.2 Å². The van der Waals surface area contributed by atoms with E-state index >= 15 is 0 Å². The first-order valence-corrected chi connectivity index (χ1v) is 7.45. The van der Waals surface area contributed by atoms with Gasteiger partial charge in [0.1, 0.15) is 12.4 Å². The Morgan fingerprint density at radius 1 is 1.19 bits per heavy atom. The van der Waals surface area contributed by atoms with E-state index in [0.717, 1.165) is 21.4 Å². The summed E-state index contributed by atoms with van der Waals surface area (Å²) in [5, 5.41) is 12.0. The Labute approximate surface area is 126 Å². The van der Waals surface area contributed by atoms with Crippen LogP contribution in [0.3, 0.4) is 0 Å². The molecule has 0 saturated carbocycles. The quantitative estimate of drug-likeness (QED) is 0.772. The van der Waals surface area contributed by atoms with Gasteiger partial charge >= 0.3 is 5.97 Å². The summed E-state index contributed by atoms with van der Waals surface area (Å²) in [6.07, 6.45) is 0. The SMILES string of the molecule is Cc1ccc(OCc2csc3cccc(C(=O)O)c23)cc1. The van der Waals surface area contributed by atoms with Crippen molar-refractivity contribution in [2.75, 3.05) is 0 Å². The molecule has 0 amide bonds. The van der Waals surface area contributed by atoms with Crippen molar-refractivity contribution in [2.45, 2.75) is 13.5 Å². The van der Waals surface area contributed by atoms with Crippen molar-refractivity contribution in [3.05, 3.63) is 64.5 Å². The largest absolute Gasteiger partial charge is 0.489 e. The Kier molecular flexibility index (Phi) is 3.62. The molecular weight excluding hydrogens is 284 g/mol. The Bertz CT molecular complexity index is 787. The van der Waals surface area contributed by atoms with Crippen molar-refractivity contribution >= 4 is 27.4 Å². The van der Waals surface area contributed by atoms with E-state index in [4.69, 9.17) is 4.74 Å². The molecule has 3 rings (SSSR count). The Morgan fingerprint density at radius 2 is 1.95 bits per heavy atom. The zero-order valence-electron chi connectivity index (χ0n) is 11.5. The number of rotatable bonds is 4.